The summed E-state index contributed by atoms with van der Waals surface area (Å²) in [5.41, 5.74) is 2.67. The first-order valence-corrected chi connectivity index (χ1v) is 9.53. The molecule has 0 unspecified atom stereocenters. The van der Waals surface area contributed by atoms with Crippen LogP contribution in [0, 0.1) is 5.82 Å². The van der Waals surface area contributed by atoms with E-state index in [1.807, 2.05) is 30.3 Å². The quantitative estimate of drug-likeness (QED) is 0.595. The largest absolute Gasteiger partial charge is 0.458 e. The molecule has 0 N–H and O–H groups in total. The maximum Gasteiger partial charge on any atom is 0.458 e. The molecule has 2 aromatic rings. The predicted octanol–water partition coefficient (Wildman–Crippen LogP) is 6.11. The van der Waals surface area contributed by atoms with Gasteiger partial charge in [-0.1, -0.05) is 48.5 Å². The van der Waals surface area contributed by atoms with Crippen LogP contribution in [0.2, 0.25) is 6.32 Å². The minimum Gasteiger partial charge on any atom is -0.403 e. The van der Waals surface area contributed by atoms with Crippen LogP contribution in [0.15, 0.2) is 60.7 Å². The van der Waals surface area contributed by atoms with Crippen molar-refractivity contribution in [1.29, 1.82) is 0 Å². The van der Waals surface area contributed by atoms with E-state index in [0.29, 0.717) is 0 Å². The van der Waals surface area contributed by atoms with Gasteiger partial charge in [0.1, 0.15) is 5.82 Å². The minimum atomic E-state index is -0.339. The molecule has 4 heteroatoms. The van der Waals surface area contributed by atoms with Gasteiger partial charge in [-0.2, -0.15) is 0 Å². The van der Waals surface area contributed by atoms with Crippen LogP contribution in [0.1, 0.15) is 51.7 Å². The monoisotopic (exact) mass is 366 g/mol. The van der Waals surface area contributed by atoms with E-state index >= 15 is 0 Å². The molecule has 1 fully saturated rings. The third-order valence-corrected chi connectivity index (χ3v) is 5.73. The van der Waals surface area contributed by atoms with Crippen LogP contribution < -0.4 is 0 Å². The number of hydrogen-bond donors (Lipinski definition) is 0. The molecular formula is C23H28BFO2. The van der Waals surface area contributed by atoms with Crippen LogP contribution in [-0.4, -0.2) is 18.3 Å². The lowest BCUT2D eigenvalue weighted by atomic mass is 9.74. The summed E-state index contributed by atoms with van der Waals surface area (Å²) in [6.45, 7) is 10.4. The van der Waals surface area contributed by atoms with Gasteiger partial charge in [-0.3, -0.25) is 0 Å². The van der Waals surface area contributed by atoms with Crippen molar-refractivity contribution in [1.82, 2.24) is 0 Å². The first-order valence-electron chi connectivity index (χ1n) is 9.53. The summed E-state index contributed by atoms with van der Waals surface area (Å²) in [4.78, 5) is 0. The highest BCUT2D eigenvalue weighted by atomic mass is 19.1. The molecule has 0 bridgehead atoms. The second-order valence-electron chi connectivity index (χ2n) is 8.30. The van der Waals surface area contributed by atoms with Gasteiger partial charge in [0.05, 0.1) is 11.2 Å². The van der Waals surface area contributed by atoms with Gasteiger partial charge in [0, 0.05) is 5.92 Å². The average molecular weight is 366 g/mol. The number of halogens is 1. The standard InChI is InChI=1S/C23H28BFO2/c1-17(18-11-13-21(25)14-12-18)15-20(19-9-7-6-8-10-19)16-24-26-22(2,3)23(4,5)27-24/h6-15,20H,16H2,1-5H3/b17-15+/t20-/m1/s1. The summed E-state index contributed by atoms with van der Waals surface area (Å²) < 4.78 is 25.7. The fourth-order valence-electron chi connectivity index (χ4n) is 3.38. The molecule has 0 amide bonds. The Kier molecular flexibility index (Phi) is 5.59. The smallest absolute Gasteiger partial charge is 0.403 e. The molecule has 0 radical (unpaired) electrons. The molecule has 1 atom stereocenters. The second kappa shape index (κ2) is 7.61. The zero-order valence-corrected chi connectivity index (χ0v) is 16.8. The molecule has 1 aliphatic heterocycles. The van der Waals surface area contributed by atoms with E-state index in [0.717, 1.165) is 17.5 Å². The van der Waals surface area contributed by atoms with E-state index in [-0.39, 0.29) is 30.1 Å². The van der Waals surface area contributed by atoms with Crippen LogP contribution in [0.4, 0.5) is 4.39 Å². The molecule has 27 heavy (non-hydrogen) atoms. The number of hydrogen-bond acceptors (Lipinski definition) is 2. The summed E-state index contributed by atoms with van der Waals surface area (Å²) in [5.74, 6) is -0.0747. The van der Waals surface area contributed by atoms with Crippen molar-refractivity contribution < 1.29 is 13.7 Å². The Morgan fingerprint density at radius 2 is 1.52 bits per heavy atom. The van der Waals surface area contributed by atoms with Crippen molar-refractivity contribution >= 4 is 12.7 Å². The number of rotatable bonds is 5. The Morgan fingerprint density at radius 3 is 2.07 bits per heavy atom. The summed E-state index contributed by atoms with van der Waals surface area (Å²) in [7, 11) is -0.266. The number of allylic oxidation sites excluding steroid dienone is 2. The lowest BCUT2D eigenvalue weighted by molar-refractivity contribution is 0.00578. The van der Waals surface area contributed by atoms with E-state index in [4.69, 9.17) is 9.31 Å². The molecule has 0 aromatic heterocycles. The Labute approximate surface area is 162 Å². The summed E-state index contributed by atoms with van der Waals surface area (Å²) in [6.07, 6.45) is 2.96. The maximum absolute atomic E-state index is 13.2. The normalized spacial score (nSPS) is 19.9. The molecule has 1 aliphatic rings. The Balaban J connectivity index is 1.86. The van der Waals surface area contributed by atoms with Gasteiger partial charge in [-0.05, 0) is 69.8 Å². The Morgan fingerprint density at radius 1 is 0.963 bits per heavy atom. The molecule has 0 spiro atoms. The third kappa shape index (κ3) is 4.51. The molecule has 142 valence electrons. The van der Waals surface area contributed by atoms with Crippen molar-refractivity contribution in [2.45, 2.75) is 58.1 Å². The highest BCUT2D eigenvalue weighted by molar-refractivity contribution is 6.45. The van der Waals surface area contributed by atoms with Crippen LogP contribution in [-0.2, 0) is 9.31 Å². The highest BCUT2D eigenvalue weighted by Gasteiger charge is 2.51. The van der Waals surface area contributed by atoms with Crippen molar-refractivity contribution in [3.8, 4) is 0 Å². The molecule has 2 aromatic carbocycles. The van der Waals surface area contributed by atoms with E-state index in [1.165, 1.54) is 17.7 Å². The molecular weight excluding hydrogens is 338 g/mol. The van der Waals surface area contributed by atoms with Gasteiger partial charge in [-0.15, -0.1) is 0 Å². The Hall–Kier alpha value is -1.91. The van der Waals surface area contributed by atoms with Crippen LogP contribution in [0.25, 0.3) is 5.57 Å². The van der Waals surface area contributed by atoms with E-state index in [9.17, 15) is 4.39 Å². The molecule has 0 saturated carbocycles. The van der Waals surface area contributed by atoms with Crippen LogP contribution in [0.3, 0.4) is 0 Å². The topological polar surface area (TPSA) is 18.5 Å². The molecule has 2 nitrogen and oxygen atoms in total. The molecule has 1 heterocycles. The molecule has 0 aliphatic carbocycles. The van der Waals surface area contributed by atoms with Crippen molar-refractivity contribution in [2.24, 2.45) is 0 Å². The lowest BCUT2D eigenvalue weighted by Gasteiger charge is -2.32. The predicted molar refractivity (Wildman–Crippen MR) is 110 cm³/mol. The van der Waals surface area contributed by atoms with Gasteiger partial charge < -0.3 is 9.31 Å². The summed E-state index contributed by atoms with van der Waals surface area (Å²) in [5, 5.41) is 0. The van der Waals surface area contributed by atoms with Crippen molar-refractivity contribution in [3.05, 3.63) is 77.6 Å². The minimum absolute atomic E-state index is 0.144. The van der Waals surface area contributed by atoms with Crippen molar-refractivity contribution in [3.63, 3.8) is 0 Å². The van der Waals surface area contributed by atoms with E-state index in [1.54, 1.807) is 0 Å². The average Bonchev–Trinajstić information content (AvgIpc) is 2.82. The van der Waals surface area contributed by atoms with E-state index in [2.05, 4.69) is 52.8 Å². The van der Waals surface area contributed by atoms with Gasteiger partial charge >= 0.3 is 7.12 Å². The van der Waals surface area contributed by atoms with Gasteiger partial charge in [0.15, 0.2) is 0 Å². The van der Waals surface area contributed by atoms with Crippen LogP contribution in [0.5, 0.6) is 0 Å². The molecule has 3 rings (SSSR count). The van der Waals surface area contributed by atoms with Gasteiger partial charge in [0.25, 0.3) is 0 Å². The summed E-state index contributed by atoms with van der Waals surface area (Å²) in [6, 6.07) is 17.0. The lowest BCUT2D eigenvalue weighted by Crippen LogP contribution is -2.41. The maximum atomic E-state index is 13.2. The first kappa shape index (κ1) is 19.8. The number of benzene rings is 2. The van der Waals surface area contributed by atoms with Gasteiger partial charge in [0.2, 0.25) is 0 Å². The zero-order chi connectivity index (χ0) is 19.7. The first-order chi connectivity index (χ1) is 12.7. The third-order valence-electron chi connectivity index (χ3n) is 5.73. The SMILES string of the molecule is C/C(=C\[C@H](CB1OC(C)(C)C(C)(C)O1)c1ccccc1)c1ccc(F)cc1. The van der Waals surface area contributed by atoms with Gasteiger partial charge in [-0.25, -0.2) is 4.39 Å². The molecule has 1 saturated heterocycles. The van der Waals surface area contributed by atoms with Crippen molar-refractivity contribution in [2.75, 3.05) is 0 Å². The Bertz CT molecular complexity index is 781. The van der Waals surface area contributed by atoms with Crippen LogP contribution >= 0.6 is 0 Å². The fourth-order valence-corrected chi connectivity index (χ4v) is 3.38. The summed E-state index contributed by atoms with van der Waals surface area (Å²) >= 11 is 0. The zero-order valence-electron chi connectivity index (χ0n) is 16.8. The second-order valence-corrected chi connectivity index (χ2v) is 8.30. The van der Waals surface area contributed by atoms with E-state index < -0.39 is 0 Å². The fraction of sp³-hybridized carbons (Fsp3) is 0.391. The highest BCUT2D eigenvalue weighted by Crippen LogP contribution is 2.40.